The van der Waals surface area contributed by atoms with E-state index in [9.17, 15) is 4.79 Å². The average Bonchev–Trinajstić information content (AvgIpc) is 2.43. The molecule has 1 rings (SSSR count). The van der Waals surface area contributed by atoms with E-state index in [1.54, 1.807) is 4.90 Å². The number of aryl methyl sites for hydroxylation is 1. The van der Waals surface area contributed by atoms with Crippen LogP contribution in [-0.2, 0) is 4.79 Å². The molecule has 5 heteroatoms. The van der Waals surface area contributed by atoms with Crippen LogP contribution < -0.4 is 10.5 Å². The van der Waals surface area contributed by atoms with Crippen molar-refractivity contribution in [2.24, 2.45) is 11.1 Å². The summed E-state index contributed by atoms with van der Waals surface area (Å²) in [6.45, 7) is 9.82. The maximum atomic E-state index is 12.1. The van der Waals surface area contributed by atoms with E-state index < -0.39 is 0 Å². The molecule has 0 fully saturated rings. The number of rotatable bonds is 7. The van der Waals surface area contributed by atoms with Gasteiger partial charge in [0.25, 0.3) is 0 Å². The van der Waals surface area contributed by atoms with Crippen molar-refractivity contribution in [2.45, 2.75) is 34.1 Å². The van der Waals surface area contributed by atoms with Crippen LogP contribution >= 0.6 is 12.4 Å². The zero-order chi connectivity index (χ0) is 16.0. The van der Waals surface area contributed by atoms with Crippen LogP contribution in [0.2, 0.25) is 0 Å². The van der Waals surface area contributed by atoms with Crippen molar-refractivity contribution < 1.29 is 9.53 Å². The maximum absolute atomic E-state index is 12.1. The first-order valence-electron chi connectivity index (χ1n) is 7.40. The molecule has 1 aromatic rings. The van der Waals surface area contributed by atoms with Crippen molar-refractivity contribution in [3.8, 4) is 5.75 Å². The Morgan fingerprint density at radius 2 is 1.95 bits per heavy atom. The molecule has 126 valence electrons. The second-order valence-electron chi connectivity index (χ2n) is 6.41. The third-order valence-corrected chi connectivity index (χ3v) is 3.77. The number of nitrogens with two attached hydrogens (primary N) is 1. The molecule has 1 amide bonds. The predicted molar refractivity (Wildman–Crippen MR) is 93.7 cm³/mol. The summed E-state index contributed by atoms with van der Waals surface area (Å²) < 4.78 is 5.72. The highest BCUT2D eigenvalue weighted by atomic mass is 35.5. The molecule has 0 unspecified atom stereocenters. The molecule has 0 heterocycles. The van der Waals surface area contributed by atoms with Gasteiger partial charge in [0.05, 0.1) is 13.0 Å². The first-order valence-corrected chi connectivity index (χ1v) is 7.40. The van der Waals surface area contributed by atoms with Crippen LogP contribution in [0.3, 0.4) is 0 Å². The van der Waals surface area contributed by atoms with Gasteiger partial charge in [-0.2, -0.15) is 0 Å². The molecule has 22 heavy (non-hydrogen) atoms. The molecule has 0 saturated carbocycles. The molecule has 2 N–H and O–H groups in total. The second-order valence-corrected chi connectivity index (χ2v) is 6.41. The molecule has 0 atom stereocenters. The van der Waals surface area contributed by atoms with Crippen molar-refractivity contribution in [1.82, 2.24) is 4.90 Å². The Hall–Kier alpha value is -1.26. The molecular formula is C17H29ClN2O2. The van der Waals surface area contributed by atoms with Gasteiger partial charge >= 0.3 is 0 Å². The van der Waals surface area contributed by atoms with Gasteiger partial charge in [0.1, 0.15) is 5.75 Å². The number of benzene rings is 1. The lowest BCUT2D eigenvalue weighted by atomic mass is 9.93. The summed E-state index contributed by atoms with van der Waals surface area (Å²) >= 11 is 0. The summed E-state index contributed by atoms with van der Waals surface area (Å²) in [4.78, 5) is 13.8. The van der Waals surface area contributed by atoms with E-state index in [0.717, 1.165) is 11.3 Å². The van der Waals surface area contributed by atoms with Crippen molar-refractivity contribution >= 4 is 18.3 Å². The Bertz CT molecular complexity index is 490. The van der Waals surface area contributed by atoms with Gasteiger partial charge in [0.2, 0.25) is 5.91 Å². The van der Waals surface area contributed by atoms with E-state index in [1.807, 2.05) is 26.1 Å². The minimum atomic E-state index is -0.0571. The van der Waals surface area contributed by atoms with Crippen LogP contribution in [0.15, 0.2) is 18.2 Å². The number of carbonyl (C=O) groups excluding carboxylic acids is 1. The largest absolute Gasteiger partial charge is 0.493 e. The van der Waals surface area contributed by atoms with Crippen molar-refractivity contribution in [3.05, 3.63) is 29.3 Å². The van der Waals surface area contributed by atoms with Gasteiger partial charge in [0.15, 0.2) is 0 Å². The Kier molecular flexibility index (Phi) is 8.49. The fraction of sp³-hybridized carbons (Fsp3) is 0.588. The molecule has 0 aliphatic rings. The van der Waals surface area contributed by atoms with Crippen molar-refractivity contribution in [3.63, 3.8) is 0 Å². The van der Waals surface area contributed by atoms with E-state index >= 15 is 0 Å². The Labute approximate surface area is 140 Å². The van der Waals surface area contributed by atoms with Crippen molar-refractivity contribution in [2.75, 3.05) is 26.7 Å². The standard InChI is InChI=1S/C17H28N2O2.ClH/c1-13-7-6-8-15(14(13)2)21-10-9-16(20)19(5)12-17(3,4)11-18;/h6-8H,9-12,18H2,1-5H3;1H. The fourth-order valence-corrected chi connectivity index (χ4v) is 2.11. The molecule has 0 saturated heterocycles. The lowest BCUT2D eigenvalue weighted by Crippen LogP contribution is -2.40. The third-order valence-electron chi connectivity index (χ3n) is 3.77. The van der Waals surface area contributed by atoms with Crippen LogP contribution in [-0.4, -0.2) is 37.6 Å². The molecule has 0 aliphatic carbocycles. The normalized spacial score (nSPS) is 10.8. The van der Waals surface area contributed by atoms with Crippen LogP contribution in [0, 0.1) is 19.3 Å². The van der Waals surface area contributed by atoms with Crippen LogP contribution in [0.4, 0.5) is 0 Å². The van der Waals surface area contributed by atoms with Gasteiger partial charge in [-0.05, 0) is 43.0 Å². The lowest BCUT2D eigenvalue weighted by Gasteiger charge is -2.29. The molecule has 0 aliphatic heterocycles. The minimum Gasteiger partial charge on any atom is -0.493 e. The number of hydrogen-bond donors (Lipinski definition) is 1. The van der Waals surface area contributed by atoms with E-state index in [0.29, 0.717) is 26.1 Å². The van der Waals surface area contributed by atoms with Gasteiger partial charge in [0, 0.05) is 13.6 Å². The molecule has 4 nitrogen and oxygen atoms in total. The van der Waals surface area contributed by atoms with Gasteiger partial charge in [-0.1, -0.05) is 26.0 Å². The highest BCUT2D eigenvalue weighted by molar-refractivity contribution is 5.85. The zero-order valence-electron chi connectivity index (χ0n) is 14.3. The first-order chi connectivity index (χ1) is 9.76. The summed E-state index contributed by atoms with van der Waals surface area (Å²) in [7, 11) is 1.82. The predicted octanol–water partition coefficient (Wildman–Crippen LogP) is 2.94. The quantitative estimate of drug-likeness (QED) is 0.837. The highest BCUT2D eigenvalue weighted by Crippen LogP contribution is 2.20. The maximum Gasteiger partial charge on any atom is 0.225 e. The molecule has 0 spiro atoms. The smallest absolute Gasteiger partial charge is 0.225 e. The summed E-state index contributed by atoms with van der Waals surface area (Å²) in [6.07, 6.45) is 0.379. The number of nitrogens with zero attached hydrogens (tertiary/aromatic N) is 1. The Morgan fingerprint density at radius 3 is 2.55 bits per heavy atom. The number of hydrogen-bond acceptors (Lipinski definition) is 3. The van der Waals surface area contributed by atoms with Gasteiger partial charge in [-0.3, -0.25) is 4.79 Å². The Balaban J connectivity index is 0.00000441. The molecular weight excluding hydrogens is 300 g/mol. The minimum absolute atomic E-state index is 0. The third kappa shape index (κ3) is 6.24. The van der Waals surface area contributed by atoms with Gasteiger partial charge in [-0.25, -0.2) is 0 Å². The molecule has 0 aromatic heterocycles. The summed E-state index contributed by atoms with van der Waals surface area (Å²) in [5.41, 5.74) is 7.96. The number of ether oxygens (including phenoxy) is 1. The molecule has 1 aromatic carbocycles. The summed E-state index contributed by atoms with van der Waals surface area (Å²) in [5, 5.41) is 0. The van der Waals surface area contributed by atoms with Gasteiger partial charge in [-0.15, -0.1) is 12.4 Å². The molecule has 0 radical (unpaired) electrons. The van der Waals surface area contributed by atoms with Crippen LogP contribution in [0.1, 0.15) is 31.4 Å². The second kappa shape index (κ2) is 9.01. The Morgan fingerprint density at radius 1 is 1.32 bits per heavy atom. The van der Waals surface area contributed by atoms with E-state index in [4.69, 9.17) is 10.5 Å². The van der Waals surface area contributed by atoms with Crippen LogP contribution in [0.5, 0.6) is 5.75 Å². The topological polar surface area (TPSA) is 55.6 Å². The highest BCUT2D eigenvalue weighted by Gasteiger charge is 2.20. The van der Waals surface area contributed by atoms with Gasteiger partial charge < -0.3 is 15.4 Å². The monoisotopic (exact) mass is 328 g/mol. The average molecular weight is 329 g/mol. The summed E-state index contributed by atoms with van der Waals surface area (Å²) in [5.74, 6) is 0.939. The van der Waals surface area contributed by atoms with Crippen molar-refractivity contribution in [1.29, 1.82) is 0 Å². The van der Waals surface area contributed by atoms with Crippen LogP contribution in [0.25, 0.3) is 0 Å². The van der Waals surface area contributed by atoms with E-state index in [-0.39, 0.29) is 23.7 Å². The number of halogens is 1. The lowest BCUT2D eigenvalue weighted by molar-refractivity contribution is -0.131. The first kappa shape index (κ1) is 20.7. The van der Waals surface area contributed by atoms with E-state index in [1.165, 1.54) is 5.56 Å². The zero-order valence-corrected chi connectivity index (χ0v) is 15.1. The SMILES string of the molecule is Cc1cccc(OCCC(=O)N(C)CC(C)(C)CN)c1C.Cl. The fourth-order valence-electron chi connectivity index (χ4n) is 2.11. The van der Waals surface area contributed by atoms with E-state index in [2.05, 4.69) is 26.8 Å². The number of carbonyl (C=O) groups is 1. The number of amides is 1. The molecule has 0 bridgehead atoms. The summed E-state index contributed by atoms with van der Waals surface area (Å²) in [6, 6.07) is 5.96.